The first-order valence-electron chi connectivity index (χ1n) is 13.0. The molecule has 2 N–H and O–H groups in total. The summed E-state index contributed by atoms with van der Waals surface area (Å²) in [5.41, 5.74) is 4.44. The molecule has 2 atom stereocenters. The maximum atomic E-state index is 12.7. The van der Waals surface area contributed by atoms with E-state index in [9.17, 15) is 19.5 Å². The summed E-state index contributed by atoms with van der Waals surface area (Å²) in [6.45, 7) is 5.81. The van der Waals surface area contributed by atoms with Crippen LogP contribution >= 0.6 is 0 Å². The van der Waals surface area contributed by atoms with Crippen molar-refractivity contribution in [2.24, 2.45) is 5.41 Å². The molecule has 38 heavy (non-hydrogen) atoms. The highest BCUT2D eigenvalue weighted by Crippen LogP contribution is 2.57. The number of nitrogens with zero attached hydrogens (tertiary/aromatic N) is 2. The zero-order valence-electron chi connectivity index (χ0n) is 21.9. The minimum atomic E-state index is -1.25. The summed E-state index contributed by atoms with van der Waals surface area (Å²) in [5, 5.41) is 19.2. The SMILES string of the molecule is CC(=O)c1cccc(C(=O)O)c1O.CC[C@@]12C=C(C(=O)OC)n3c4c(c5ccccc53)CCN(CCC1)[C@H]42. The number of para-hydroxylation sites is 2. The Hall–Kier alpha value is -3.91. The van der Waals surface area contributed by atoms with E-state index < -0.39 is 11.7 Å². The number of carboxylic acid groups (broad SMARTS) is 1. The first-order chi connectivity index (χ1) is 18.2. The smallest absolute Gasteiger partial charge is 0.354 e. The summed E-state index contributed by atoms with van der Waals surface area (Å²) in [6.07, 6.45) is 6.70. The van der Waals surface area contributed by atoms with Gasteiger partial charge < -0.3 is 19.5 Å². The highest BCUT2D eigenvalue weighted by atomic mass is 16.5. The molecule has 198 valence electrons. The average Bonchev–Trinajstić information content (AvgIpc) is 3.26. The van der Waals surface area contributed by atoms with Crippen molar-refractivity contribution in [1.29, 1.82) is 0 Å². The number of esters is 1. The number of hydrogen-bond acceptors (Lipinski definition) is 6. The maximum Gasteiger partial charge on any atom is 0.354 e. The maximum absolute atomic E-state index is 12.7. The number of aromatic carboxylic acids is 1. The van der Waals surface area contributed by atoms with Crippen molar-refractivity contribution < 1.29 is 29.3 Å². The van der Waals surface area contributed by atoms with Crippen molar-refractivity contribution in [3.63, 3.8) is 0 Å². The van der Waals surface area contributed by atoms with E-state index in [0.717, 1.165) is 37.9 Å². The van der Waals surface area contributed by atoms with E-state index in [1.807, 2.05) is 0 Å². The fourth-order valence-corrected chi connectivity index (χ4v) is 6.53. The van der Waals surface area contributed by atoms with Crippen molar-refractivity contribution in [1.82, 2.24) is 9.47 Å². The Bertz CT molecular complexity index is 1450. The Kier molecular flexibility index (Phi) is 6.61. The zero-order valence-corrected chi connectivity index (χ0v) is 21.9. The molecule has 0 amide bonds. The van der Waals surface area contributed by atoms with E-state index in [2.05, 4.69) is 46.7 Å². The molecule has 0 bridgehead atoms. The minimum absolute atomic E-state index is 0.0277. The number of carbonyl (C=O) groups is 3. The molecule has 1 aromatic heterocycles. The van der Waals surface area contributed by atoms with E-state index >= 15 is 0 Å². The lowest BCUT2D eigenvalue weighted by atomic mass is 9.66. The summed E-state index contributed by atoms with van der Waals surface area (Å²) >= 11 is 0. The molecule has 0 radical (unpaired) electrons. The molecular weight excluding hydrogens is 484 g/mol. The summed E-state index contributed by atoms with van der Waals surface area (Å²) in [5.74, 6) is -2.30. The molecule has 8 heteroatoms. The second-order valence-corrected chi connectivity index (χ2v) is 10.2. The number of hydrogen-bond donors (Lipinski definition) is 2. The number of ketones is 1. The second kappa shape index (κ2) is 9.76. The quantitative estimate of drug-likeness (QED) is 0.369. The lowest BCUT2D eigenvalue weighted by Gasteiger charge is -2.53. The Morgan fingerprint density at radius 3 is 2.50 bits per heavy atom. The normalized spacial score (nSPS) is 21.6. The van der Waals surface area contributed by atoms with Crippen molar-refractivity contribution in [3.8, 4) is 5.75 Å². The number of rotatable bonds is 4. The van der Waals surface area contributed by atoms with Crippen molar-refractivity contribution in [2.45, 2.75) is 45.6 Å². The number of aromatic nitrogens is 1. The molecule has 8 nitrogen and oxygen atoms in total. The minimum Gasteiger partial charge on any atom is -0.506 e. The number of aromatic hydroxyl groups is 1. The molecule has 4 heterocycles. The Balaban J connectivity index is 0.000000193. The van der Waals surface area contributed by atoms with Gasteiger partial charge in [0.05, 0.1) is 24.2 Å². The van der Waals surface area contributed by atoms with Crippen LogP contribution in [-0.4, -0.2) is 57.6 Å². The third-order valence-corrected chi connectivity index (χ3v) is 8.29. The Morgan fingerprint density at radius 1 is 1.08 bits per heavy atom. The molecule has 6 rings (SSSR count). The first-order valence-corrected chi connectivity index (χ1v) is 13.0. The monoisotopic (exact) mass is 516 g/mol. The molecule has 3 aliphatic heterocycles. The highest BCUT2D eigenvalue weighted by Gasteiger charge is 2.51. The fourth-order valence-electron chi connectivity index (χ4n) is 6.53. The van der Waals surface area contributed by atoms with E-state index in [4.69, 9.17) is 9.84 Å². The van der Waals surface area contributed by atoms with Gasteiger partial charge in [0.15, 0.2) is 5.78 Å². The van der Waals surface area contributed by atoms with Crippen LogP contribution in [0.4, 0.5) is 0 Å². The average molecular weight is 517 g/mol. The van der Waals surface area contributed by atoms with Gasteiger partial charge in [-0.1, -0.05) is 31.2 Å². The molecule has 3 aliphatic rings. The van der Waals surface area contributed by atoms with Gasteiger partial charge in [0.1, 0.15) is 17.0 Å². The molecular formula is C30H32N2O6. The molecule has 0 saturated carbocycles. The van der Waals surface area contributed by atoms with Crippen LogP contribution in [0.3, 0.4) is 0 Å². The molecule has 2 aromatic carbocycles. The van der Waals surface area contributed by atoms with Gasteiger partial charge in [-0.2, -0.15) is 0 Å². The van der Waals surface area contributed by atoms with E-state index in [0.29, 0.717) is 11.7 Å². The van der Waals surface area contributed by atoms with Crippen LogP contribution in [0, 0.1) is 5.41 Å². The number of piperidine rings is 1. The van der Waals surface area contributed by atoms with Gasteiger partial charge in [0, 0.05) is 23.0 Å². The zero-order chi connectivity index (χ0) is 27.2. The molecule has 0 spiro atoms. The summed E-state index contributed by atoms with van der Waals surface area (Å²) < 4.78 is 7.38. The van der Waals surface area contributed by atoms with Gasteiger partial charge in [0.25, 0.3) is 0 Å². The van der Waals surface area contributed by atoms with Crippen LogP contribution < -0.4 is 0 Å². The largest absolute Gasteiger partial charge is 0.506 e. The van der Waals surface area contributed by atoms with Crippen LogP contribution in [0.2, 0.25) is 0 Å². The van der Waals surface area contributed by atoms with Crippen LogP contribution in [0.1, 0.15) is 71.1 Å². The van der Waals surface area contributed by atoms with E-state index in [-0.39, 0.29) is 28.3 Å². The van der Waals surface area contributed by atoms with Crippen molar-refractivity contribution >= 4 is 34.3 Å². The van der Waals surface area contributed by atoms with Gasteiger partial charge in [-0.25, -0.2) is 9.59 Å². The molecule has 1 saturated heterocycles. The first kappa shape index (κ1) is 25.7. The molecule has 1 fully saturated rings. The molecule has 0 aliphatic carbocycles. The highest BCUT2D eigenvalue weighted by molar-refractivity contribution is 6.13. The lowest BCUT2D eigenvalue weighted by molar-refractivity contribution is -0.134. The number of phenols is 1. The number of carbonyl (C=O) groups excluding carboxylic acids is 2. The third-order valence-electron chi connectivity index (χ3n) is 8.29. The third kappa shape index (κ3) is 3.91. The standard InChI is InChI=1S/C21H24N2O2.C9H8O4/c1-3-21-10-6-11-22-12-9-15-14-7-4-5-8-16(14)23(18(15)19(21)22)17(13-21)20(24)25-2;1-5(10)6-3-2-4-7(8(6)11)9(12)13/h4-5,7-8,13,19H,3,6,9-12H2,1-2H3;2-4,11H,1H3,(H,12,13)/t19-,21+;/m1./s1. The van der Waals surface area contributed by atoms with Gasteiger partial charge in [-0.3, -0.25) is 9.69 Å². The number of Topliss-reactive ketones (excluding diaryl/α,β-unsaturated/α-hetero) is 1. The fraction of sp³-hybridized carbons (Fsp3) is 0.367. The Labute approximate surface area is 221 Å². The predicted molar refractivity (Wildman–Crippen MR) is 143 cm³/mol. The van der Waals surface area contributed by atoms with E-state index in [1.54, 1.807) is 0 Å². The second-order valence-electron chi connectivity index (χ2n) is 10.2. The van der Waals surface area contributed by atoms with Gasteiger partial charge in [-0.15, -0.1) is 0 Å². The van der Waals surface area contributed by atoms with Gasteiger partial charge >= 0.3 is 11.9 Å². The molecule has 3 aromatic rings. The number of fused-ring (bicyclic) bond motifs is 3. The predicted octanol–water partition coefficient (Wildman–Crippen LogP) is 5.05. The number of ether oxygens (including phenoxy) is 1. The van der Waals surface area contributed by atoms with Gasteiger partial charge in [0.2, 0.25) is 0 Å². The topological polar surface area (TPSA) is 109 Å². The van der Waals surface area contributed by atoms with Crippen LogP contribution in [0.5, 0.6) is 5.75 Å². The number of benzene rings is 2. The summed E-state index contributed by atoms with van der Waals surface area (Å²) in [7, 11) is 1.49. The number of carboxylic acids is 1. The van der Waals surface area contributed by atoms with Crippen LogP contribution in [0.25, 0.3) is 16.6 Å². The lowest BCUT2D eigenvalue weighted by Crippen LogP contribution is -2.51. The van der Waals surface area contributed by atoms with Crippen LogP contribution in [-0.2, 0) is 16.0 Å². The van der Waals surface area contributed by atoms with Crippen LogP contribution in [0.15, 0.2) is 48.5 Å². The molecule has 0 unspecified atom stereocenters. The number of methoxy groups -OCH3 is 1. The summed E-state index contributed by atoms with van der Waals surface area (Å²) in [6, 6.07) is 12.9. The summed E-state index contributed by atoms with van der Waals surface area (Å²) in [4.78, 5) is 36.8. The van der Waals surface area contributed by atoms with Crippen molar-refractivity contribution in [3.05, 3.63) is 70.9 Å². The van der Waals surface area contributed by atoms with E-state index in [1.165, 1.54) is 55.3 Å². The Morgan fingerprint density at radius 2 is 1.82 bits per heavy atom. The van der Waals surface area contributed by atoms with Crippen molar-refractivity contribution in [2.75, 3.05) is 20.2 Å². The van der Waals surface area contributed by atoms with Gasteiger partial charge in [-0.05, 0) is 69.0 Å².